The van der Waals surface area contributed by atoms with E-state index in [2.05, 4.69) is 43.1 Å². The molecule has 0 bridgehead atoms. The highest BCUT2D eigenvalue weighted by molar-refractivity contribution is 7.85. The fourth-order valence-corrected chi connectivity index (χ4v) is 6.69. The minimum Gasteiger partial charge on any atom is -0.428 e. The van der Waals surface area contributed by atoms with Gasteiger partial charge in [-0.1, -0.05) is 67.3 Å². The molecule has 5 rings (SSSR count). The molecule has 2 aromatic rings. The highest BCUT2D eigenvalue weighted by atomic mass is 32.2. The summed E-state index contributed by atoms with van der Waals surface area (Å²) in [6.07, 6.45) is 5.67. The molecule has 2 saturated heterocycles. The number of nitrogens with one attached hydrogen (secondary N) is 1. The maximum Gasteiger partial charge on any atom is 0.409 e. The summed E-state index contributed by atoms with van der Waals surface area (Å²) in [6, 6.07) is 15.7. The van der Waals surface area contributed by atoms with Crippen molar-refractivity contribution in [2.24, 2.45) is 11.8 Å². The molecule has 2 N–H and O–H groups in total. The fourth-order valence-electron chi connectivity index (χ4n) is 6.21. The molecular formula is C32H45N3O6S. The van der Waals surface area contributed by atoms with Gasteiger partial charge >= 0.3 is 6.09 Å². The molecule has 5 atom stereocenters. The van der Waals surface area contributed by atoms with Crippen LogP contribution in [0, 0.1) is 18.8 Å². The van der Waals surface area contributed by atoms with Crippen molar-refractivity contribution in [2.45, 2.75) is 95.0 Å². The second kappa shape index (κ2) is 13.1. The molecule has 2 aromatic carbocycles. The number of likely N-dealkylation sites (tertiary alicyclic amines) is 1. The Balaban J connectivity index is 0.000000310. The van der Waals surface area contributed by atoms with E-state index in [1.54, 1.807) is 12.1 Å². The van der Waals surface area contributed by atoms with Crippen molar-refractivity contribution in [3.8, 4) is 0 Å². The van der Waals surface area contributed by atoms with Crippen LogP contribution in [0.25, 0.3) is 0 Å². The minimum atomic E-state index is -4.02. The molecule has 3 fully saturated rings. The molecule has 1 aliphatic carbocycles. The molecule has 230 valence electrons. The summed E-state index contributed by atoms with van der Waals surface area (Å²) in [7, 11) is -2.12. The molecule has 2 amide bonds. The van der Waals surface area contributed by atoms with Gasteiger partial charge in [-0.25, -0.2) is 4.79 Å². The smallest absolute Gasteiger partial charge is 0.409 e. The minimum absolute atomic E-state index is 0.0666. The lowest BCUT2D eigenvalue weighted by Gasteiger charge is -2.49. The van der Waals surface area contributed by atoms with Gasteiger partial charge in [-0.15, -0.1) is 0 Å². The third-order valence-corrected chi connectivity index (χ3v) is 9.75. The standard InChI is InChI=1S/C25H37N3O3.C7H8O3S/c1-25(2,3)27(4)22(29)21-15-18-12-8-9-13-19(18)16-28(21)23-20(26-24(30)31-23)14-17-10-6-5-7-11-17;1-6-2-4-7(5-3-6)11(8,9)10/h5-7,10-11,18-21,23H,8-9,12-16H2,1-4H3,(H,26,30);2-5H,1H3,(H,8,9,10)/t18?,19-,20+,21+,23-;/m1./s1. The first-order valence-electron chi connectivity index (χ1n) is 14.8. The number of carbonyl (C=O) groups excluding carboxylic acids is 2. The second-order valence-corrected chi connectivity index (χ2v) is 14.3. The van der Waals surface area contributed by atoms with Gasteiger partial charge in [-0.2, -0.15) is 8.42 Å². The predicted molar refractivity (Wildman–Crippen MR) is 161 cm³/mol. The molecule has 0 spiro atoms. The van der Waals surface area contributed by atoms with Crippen LogP contribution in [0.4, 0.5) is 4.79 Å². The highest BCUT2D eigenvalue weighted by Crippen LogP contribution is 2.41. The summed E-state index contributed by atoms with van der Waals surface area (Å²) in [5.74, 6) is 1.30. The average molecular weight is 600 g/mol. The maximum absolute atomic E-state index is 13.7. The van der Waals surface area contributed by atoms with E-state index in [1.165, 1.54) is 37.8 Å². The van der Waals surface area contributed by atoms with Gasteiger partial charge in [0.05, 0.1) is 17.0 Å². The number of nitrogens with zero attached hydrogens (tertiary/aromatic N) is 2. The van der Waals surface area contributed by atoms with Gasteiger partial charge in [0.2, 0.25) is 5.91 Å². The summed E-state index contributed by atoms with van der Waals surface area (Å²) in [6.45, 7) is 8.86. The third kappa shape index (κ3) is 7.90. The lowest BCUT2D eigenvalue weighted by Crippen LogP contribution is -2.62. The van der Waals surface area contributed by atoms with Crippen LogP contribution in [0.1, 0.15) is 64.0 Å². The quantitative estimate of drug-likeness (QED) is 0.463. The molecular weight excluding hydrogens is 554 g/mol. The largest absolute Gasteiger partial charge is 0.428 e. The Bertz CT molecular complexity index is 1330. The van der Waals surface area contributed by atoms with E-state index >= 15 is 0 Å². The molecule has 0 radical (unpaired) electrons. The van der Waals surface area contributed by atoms with E-state index in [-0.39, 0.29) is 34.5 Å². The number of aryl methyl sites for hydroxylation is 1. The Hall–Kier alpha value is -2.95. The van der Waals surface area contributed by atoms with Crippen LogP contribution in [0.2, 0.25) is 0 Å². The second-order valence-electron chi connectivity index (χ2n) is 12.8. The molecule has 1 unspecified atom stereocenters. The Morgan fingerprint density at radius 3 is 2.26 bits per heavy atom. The molecule has 3 aliphatic rings. The van der Waals surface area contributed by atoms with Crippen LogP contribution in [-0.2, 0) is 26.1 Å². The number of rotatable bonds is 5. The van der Waals surface area contributed by atoms with Gasteiger partial charge in [-0.05, 0) is 76.5 Å². The molecule has 42 heavy (non-hydrogen) atoms. The molecule has 1 saturated carbocycles. The highest BCUT2D eigenvalue weighted by Gasteiger charge is 2.49. The van der Waals surface area contributed by atoms with E-state index < -0.39 is 16.3 Å². The third-order valence-electron chi connectivity index (χ3n) is 8.88. The van der Waals surface area contributed by atoms with E-state index in [0.29, 0.717) is 18.3 Å². The molecule has 0 aromatic heterocycles. The maximum atomic E-state index is 13.7. The van der Waals surface area contributed by atoms with Crippen LogP contribution >= 0.6 is 0 Å². The lowest BCUT2D eigenvalue weighted by molar-refractivity contribution is -0.151. The number of cyclic esters (lactones) is 1. The van der Waals surface area contributed by atoms with Gasteiger partial charge in [0, 0.05) is 19.1 Å². The molecule has 2 heterocycles. The predicted octanol–water partition coefficient (Wildman–Crippen LogP) is 5.04. The van der Waals surface area contributed by atoms with Crippen molar-refractivity contribution in [3.63, 3.8) is 0 Å². The van der Waals surface area contributed by atoms with E-state index in [9.17, 15) is 18.0 Å². The first kappa shape index (κ1) is 32.0. The van der Waals surface area contributed by atoms with E-state index in [0.717, 1.165) is 24.1 Å². The Labute approximate surface area is 250 Å². The first-order valence-corrected chi connectivity index (χ1v) is 16.3. The molecule has 9 nitrogen and oxygen atoms in total. The van der Waals surface area contributed by atoms with Crippen molar-refractivity contribution in [1.29, 1.82) is 0 Å². The van der Waals surface area contributed by atoms with Crippen LogP contribution in [0.15, 0.2) is 59.5 Å². The topological polar surface area (TPSA) is 116 Å². The number of fused-ring (bicyclic) bond motifs is 1. The number of piperidine rings is 1. The average Bonchev–Trinajstić information content (AvgIpc) is 3.31. The van der Waals surface area contributed by atoms with Gasteiger partial charge in [0.25, 0.3) is 10.1 Å². The van der Waals surface area contributed by atoms with Gasteiger partial charge in [0.15, 0.2) is 6.23 Å². The summed E-state index contributed by atoms with van der Waals surface area (Å²) in [4.78, 5) is 30.0. The number of hydrogen-bond acceptors (Lipinski definition) is 6. The zero-order valence-electron chi connectivity index (χ0n) is 25.3. The van der Waals surface area contributed by atoms with Gasteiger partial charge < -0.3 is 15.0 Å². The van der Waals surface area contributed by atoms with E-state index in [4.69, 9.17) is 9.29 Å². The monoisotopic (exact) mass is 599 g/mol. The SMILES string of the molecule is CN(C(=O)[C@@H]1CC2CCCC[C@@H]2CN1[C@@H]1OC(=O)N[C@H]1Cc1ccccc1)C(C)(C)C.Cc1ccc(S(=O)(=O)O)cc1. The number of alkyl carbamates (subject to hydrolysis) is 1. The van der Waals surface area contributed by atoms with Gasteiger partial charge in [-0.3, -0.25) is 14.2 Å². The molecule has 2 aliphatic heterocycles. The molecule has 10 heteroatoms. The number of amides is 2. The number of carbonyl (C=O) groups is 2. The van der Waals surface area contributed by atoms with Crippen LogP contribution in [0.3, 0.4) is 0 Å². The van der Waals surface area contributed by atoms with E-state index in [1.807, 2.05) is 37.1 Å². The van der Waals surface area contributed by atoms with Crippen molar-refractivity contribution < 1.29 is 27.3 Å². The first-order chi connectivity index (χ1) is 19.7. The zero-order valence-corrected chi connectivity index (χ0v) is 26.1. The van der Waals surface area contributed by atoms with Crippen molar-refractivity contribution in [1.82, 2.24) is 15.1 Å². The Morgan fingerprint density at radius 2 is 1.67 bits per heavy atom. The Kier molecular flexibility index (Phi) is 10.0. The van der Waals surface area contributed by atoms with Crippen LogP contribution in [0.5, 0.6) is 0 Å². The van der Waals surface area contributed by atoms with Gasteiger partial charge in [0.1, 0.15) is 0 Å². The zero-order chi connectivity index (χ0) is 30.7. The lowest BCUT2D eigenvalue weighted by atomic mass is 9.72. The van der Waals surface area contributed by atoms with Crippen molar-refractivity contribution in [3.05, 3.63) is 65.7 Å². The number of hydrogen-bond donors (Lipinski definition) is 2. The number of likely N-dealkylation sites (N-methyl/N-ethyl adjacent to an activating group) is 1. The van der Waals surface area contributed by atoms with Crippen LogP contribution in [-0.4, -0.2) is 72.2 Å². The van der Waals surface area contributed by atoms with Crippen molar-refractivity contribution in [2.75, 3.05) is 13.6 Å². The summed E-state index contributed by atoms with van der Waals surface area (Å²) < 4.78 is 35.4. The Morgan fingerprint density at radius 1 is 1.05 bits per heavy atom. The summed E-state index contributed by atoms with van der Waals surface area (Å²) >= 11 is 0. The number of benzene rings is 2. The van der Waals surface area contributed by atoms with Crippen molar-refractivity contribution >= 4 is 22.1 Å². The summed E-state index contributed by atoms with van der Waals surface area (Å²) in [5.41, 5.74) is 1.86. The summed E-state index contributed by atoms with van der Waals surface area (Å²) in [5, 5.41) is 3.01. The van der Waals surface area contributed by atoms with Crippen LogP contribution < -0.4 is 5.32 Å². The number of ether oxygens (including phenoxy) is 1. The fraction of sp³-hybridized carbons (Fsp3) is 0.562. The normalized spacial score (nSPS) is 26.2.